The molecule has 0 atom stereocenters. The van der Waals surface area contributed by atoms with Crippen molar-refractivity contribution in [3.05, 3.63) is 116 Å². The summed E-state index contributed by atoms with van der Waals surface area (Å²) in [5.41, 5.74) is 14.7. The molecule has 0 spiro atoms. The smallest absolute Gasteiger partial charge is 0.368 e. The van der Waals surface area contributed by atoms with Gasteiger partial charge in [-0.05, 0) is 77.9 Å². The average Bonchev–Trinajstić information content (AvgIpc) is 3.59. The van der Waals surface area contributed by atoms with Crippen molar-refractivity contribution in [1.82, 2.24) is 19.6 Å². The minimum absolute atomic E-state index is 0.0231. The minimum Gasteiger partial charge on any atom is -0.397 e. The van der Waals surface area contributed by atoms with Gasteiger partial charge in [0.2, 0.25) is 23.6 Å². The second-order valence-electron chi connectivity index (χ2n) is 14.4. The summed E-state index contributed by atoms with van der Waals surface area (Å²) >= 11 is 21.9. The van der Waals surface area contributed by atoms with Crippen molar-refractivity contribution < 1.29 is 24.0 Å². The molecule has 3 aliphatic heterocycles. The van der Waals surface area contributed by atoms with Crippen LogP contribution in [0.5, 0.6) is 0 Å². The van der Waals surface area contributed by atoms with Gasteiger partial charge in [0.25, 0.3) is 0 Å². The van der Waals surface area contributed by atoms with E-state index in [1.807, 2.05) is 30.3 Å². The Labute approximate surface area is 362 Å². The fourth-order valence-corrected chi connectivity index (χ4v) is 12.9. The van der Waals surface area contributed by atoms with E-state index in [0.717, 1.165) is 0 Å². The van der Waals surface area contributed by atoms with E-state index in [1.165, 1.54) is 26.0 Å². The first-order valence-corrected chi connectivity index (χ1v) is 21.8. The Hall–Kier alpha value is -5.67. The molecule has 3 heterocycles. The second-order valence-corrected chi connectivity index (χ2v) is 18.6. The first-order valence-electron chi connectivity index (χ1n) is 19.0. The number of carbonyl (C=O) groups excluding carboxylic acids is 5. The Kier molecular flexibility index (Phi) is 12.4. The Morgan fingerprint density at radius 1 is 0.567 bits per heavy atom. The van der Waals surface area contributed by atoms with E-state index in [1.54, 1.807) is 68.1 Å². The maximum absolute atomic E-state index is 13.2. The van der Waals surface area contributed by atoms with Gasteiger partial charge >= 0.3 is 6.03 Å². The summed E-state index contributed by atoms with van der Waals surface area (Å²) in [4.78, 5) is 79.7. The van der Waals surface area contributed by atoms with Crippen molar-refractivity contribution in [1.29, 1.82) is 0 Å². The number of nitrogens with zero attached hydrogens (tertiary/aromatic N) is 6. The topological polar surface area (TPSA) is 175 Å². The number of piperazine rings is 2. The largest absolute Gasteiger partial charge is 0.397 e. The van der Waals surface area contributed by atoms with Crippen LogP contribution in [0.15, 0.2) is 108 Å². The van der Waals surface area contributed by atoms with E-state index < -0.39 is 16.1 Å². The first kappa shape index (κ1) is 42.5. The van der Waals surface area contributed by atoms with E-state index in [-0.39, 0.29) is 28.7 Å². The lowest BCUT2D eigenvalue weighted by atomic mass is 10.2. The van der Waals surface area contributed by atoms with Crippen molar-refractivity contribution in [3.8, 4) is 0 Å². The van der Waals surface area contributed by atoms with Gasteiger partial charge in [0.15, 0.2) is 0 Å². The quantitative estimate of drug-likeness (QED) is 0.163. The Morgan fingerprint density at radius 3 is 1.43 bits per heavy atom. The fraction of sp³-hybridized carbons (Fsp3) is 0.233. The van der Waals surface area contributed by atoms with Gasteiger partial charge in [-0.2, -0.15) is 9.98 Å². The molecule has 7 rings (SSSR count). The Morgan fingerprint density at radius 2 is 1.00 bits per heavy atom. The number of hydrogen-bond donors (Lipinski definition) is 2. The molecule has 2 saturated heterocycles. The van der Waals surface area contributed by atoms with E-state index in [9.17, 15) is 24.0 Å². The molecule has 3 aliphatic rings. The number of carbonyl (C=O) groups is 5. The molecule has 2 fully saturated rings. The highest BCUT2D eigenvalue weighted by Crippen LogP contribution is 2.77. The number of hydrogen-bond acceptors (Lipinski definition) is 7. The Bertz CT molecular complexity index is 2530. The van der Waals surface area contributed by atoms with Crippen LogP contribution >= 0.6 is 44.8 Å². The van der Waals surface area contributed by atoms with Gasteiger partial charge in [-0.25, -0.2) is 4.79 Å². The molecule has 0 aliphatic carbocycles. The number of halogens is 3. The van der Waals surface area contributed by atoms with Gasteiger partial charge in [0.05, 0.1) is 37.2 Å². The molecule has 6 amide bonds. The van der Waals surface area contributed by atoms with Crippen LogP contribution in [0.4, 0.5) is 16.2 Å². The van der Waals surface area contributed by atoms with Crippen LogP contribution in [-0.4, -0.2) is 102 Å². The minimum atomic E-state index is -2.84. The predicted octanol–water partition coefficient (Wildman–Crippen LogP) is 5.93. The van der Waals surface area contributed by atoms with Gasteiger partial charge < -0.3 is 31.1 Å². The molecule has 0 aromatic heterocycles. The van der Waals surface area contributed by atoms with Crippen LogP contribution in [0, 0.1) is 0 Å². The third-order valence-corrected chi connectivity index (χ3v) is 15.9. The summed E-state index contributed by atoms with van der Waals surface area (Å²) in [5.74, 6) is -0.430. The summed E-state index contributed by atoms with van der Waals surface area (Å²) in [7, 11) is -2.84. The molecular formula is C43H41Cl3N8O5S. The third-order valence-electron chi connectivity index (χ3n) is 10.7. The summed E-state index contributed by atoms with van der Waals surface area (Å²) < 4.78 is 0. The highest BCUT2D eigenvalue weighted by Gasteiger charge is 2.39. The number of nitrogens with two attached hydrogens (primary N) is 2. The zero-order chi connectivity index (χ0) is 42.9. The molecule has 17 heteroatoms. The Balaban J connectivity index is 1.33. The normalized spacial score (nSPS) is 17.0. The van der Waals surface area contributed by atoms with E-state index in [2.05, 4.69) is 9.98 Å². The zero-order valence-corrected chi connectivity index (χ0v) is 35.8. The summed E-state index contributed by atoms with van der Waals surface area (Å²) in [6, 6.07) is 18.8. The third kappa shape index (κ3) is 8.50. The number of fused-ring (bicyclic) bond motifs is 1. The molecule has 4 N–H and O–H groups in total. The summed E-state index contributed by atoms with van der Waals surface area (Å²) in [6.45, 7) is 6.61. The van der Waals surface area contributed by atoms with Gasteiger partial charge in [0.1, 0.15) is 0 Å². The van der Waals surface area contributed by atoms with Gasteiger partial charge in [-0.1, -0.05) is 46.9 Å². The number of urea groups is 1. The predicted molar refractivity (Wildman–Crippen MR) is 234 cm³/mol. The SMILES string of the molecule is CC(=O)N1CCN(C(=O)C=Cc2ccc(S(c3ccc(N)c(N)c3)(c3ccc(C=CC(=O)N4CCN(C(C)=O)CC4)cc3Cl)c3cc4c(cc3Cl)=NC(=O)N=4)c(Cl)c2)CC1. The van der Waals surface area contributed by atoms with Gasteiger partial charge in [-0.15, -0.1) is 10.0 Å². The molecule has 4 aromatic carbocycles. The van der Waals surface area contributed by atoms with E-state index >= 15 is 0 Å². The lowest BCUT2D eigenvalue weighted by Crippen LogP contribution is -2.49. The number of rotatable bonds is 8. The highest BCUT2D eigenvalue weighted by molar-refractivity contribution is 8.34. The van der Waals surface area contributed by atoms with E-state index in [0.29, 0.717) is 115 Å². The zero-order valence-electron chi connectivity index (χ0n) is 32.7. The first-order chi connectivity index (χ1) is 28.6. The summed E-state index contributed by atoms with van der Waals surface area (Å²) in [5, 5.41) is 1.52. The van der Waals surface area contributed by atoms with Crippen LogP contribution in [0.2, 0.25) is 15.1 Å². The molecule has 0 radical (unpaired) electrons. The number of benzene rings is 4. The van der Waals surface area contributed by atoms with Gasteiger partial charge in [0, 0.05) is 97.9 Å². The number of amides is 6. The van der Waals surface area contributed by atoms with Crippen molar-refractivity contribution in [3.63, 3.8) is 0 Å². The molecule has 60 heavy (non-hydrogen) atoms. The van der Waals surface area contributed by atoms with Gasteiger partial charge in [-0.3, -0.25) is 19.2 Å². The number of anilines is 2. The van der Waals surface area contributed by atoms with Crippen molar-refractivity contribution in [2.24, 2.45) is 9.98 Å². The van der Waals surface area contributed by atoms with Crippen LogP contribution in [0.25, 0.3) is 12.2 Å². The molecule has 13 nitrogen and oxygen atoms in total. The molecule has 0 saturated carbocycles. The monoisotopic (exact) mass is 886 g/mol. The van der Waals surface area contributed by atoms with E-state index in [4.69, 9.17) is 46.3 Å². The van der Waals surface area contributed by atoms with Crippen molar-refractivity contribution in [2.75, 3.05) is 63.8 Å². The number of nitrogen functional groups attached to an aromatic ring is 2. The maximum Gasteiger partial charge on any atom is 0.368 e. The molecule has 0 unspecified atom stereocenters. The molecule has 310 valence electrons. The molecule has 0 bridgehead atoms. The van der Waals surface area contributed by atoms with Crippen LogP contribution in [0.1, 0.15) is 25.0 Å². The van der Waals surface area contributed by atoms with Crippen molar-refractivity contribution in [2.45, 2.75) is 33.4 Å². The molecule has 4 aromatic rings. The lowest BCUT2D eigenvalue weighted by Gasteiger charge is -2.43. The maximum atomic E-state index is 13.2. The van der Waals surface area contributed by atoms with Crippen LogP contribution in [-0.2, 0) is 19.2 Å². The standard InChI is InChI=1S/C43H41Cl3N8O5S/c1-26(55)51-13-17-53(18-14-51)41(57)11-5-28-3-9-38(31(44)21-28)60(30-7-8-34(47)35(48)23-30,40-25-37-36(24-33(40)46)49-43(59)50-37)39-10-4-29(22-32(39)45)6-12-42(58)54-19-15-52(16-20-54)27(2)56/h3-12,21-25H,13-20,47-48H2,1-2H3. The average molecular weight is 888 g/mol. The highest BCUT2D eigenvalue weighted by atomic mass is 35.5. The lowest BCUT2D eigenvalue weighted by molar-refractivity contribution is -0.135. The second kappa shape index (κ2) is 17.5. The van der Waals surface area contributed by atoms with Crippen LogP contribution in [0.3, 0.4) is 0 Å². The summed E-state index contributed by atoms with van der Waals surface area (Å²) in [6.07, 6.45) is 6.32. The van der Waals surface area contributed by atoms with Crippen molar-refractivity contribution >= 4 is 98.0 Å². The fourth-order valence-electron chi connectivity index (χ4n) is 7.42. The van der Waals surface area contributed by atoms with Crippen LogP contribution < -0.4 is 22.2 Å². The molecular weight excluding hydrogens is 847 g/mol.